The largest absolute Gasteiger partial charge is 0.336 e. The Morgan fingerprint density at radius 1 is 1.08 bits per heavy atom. The Morgan fingerprint density at radius 3 is 2.20 bits per heavy atom. The number of carbonyl (C=O) groups excluding carboxylic acids is 1. The molecule has 138 valence electrons. The van der Waals surface area contributed by atoms with Crippen molar-refractivity contribution in [3.05, 3.63) is 29.8 Å². The zero-order chi connectivity index (χ0) is 18.2. The highest BCUT2D eigenvalue weighted by molar-refractivity contribution is 7.96. The zero-order valence-corrected chi connectivity index (χ0v) is 15.7. The van der Waals surface area contributed by atoms with Gasteiger partial charge in [-0.1, -0.05) is 0 Å². The van der Waals surface area contributed by atoms with E-state index in [1.165, 1.54) is 24.3 Å². The van der Waals surface area contributed by atoms with Gasteiger partial charge in [0.25, 0.3) is 5.91 Å². The van der Waals surface area contributed by atoms with E-state index in [4.69, 9.17) is 0 Å². The van der Waals surface area contributed by atoms with Crippen molar-refractivity contribution in [2.45, 2.75) is 16.6 Å². The van der Waals surface area contributed by atoms with E-state index < -0.39 is 24.9 Å². The van der Waals surface area contributed by atoms with E-state index in [0.717, 1.165) is 13.1 Å². The molecule has 3 rings (SSSR count). The average molecular weight is 386 g/mol. The second kappa shape index (κ2) is 6.69. The summed E-state index contributed by atoms with van der Waals surface area (Å²) in [7, 11) is -4.96. The Hall–Kier alpha value is -1.45. The molecule has 2 fully saturated rings. The Morgan fingerprint density at radius 2 is 1.68 bits per heavy atom. The summed E-state index contributed by atoms with van der Waals surface area (Å²) in [5.74, 6) is -0.519. The van der Waals surface area contributed by atoms with E-state index in [9.17, 15) is 21.6 Å². The van der Waals surface area contributed by atoms with E-state index in [-0.39, 0.29) is 28.7 Å². The number of rotatable bonds is 3. The summed E-state index contributed by atoms with van der Waals surface area (Å²) in [6.07, 6.45) is 0.132. The molecule has 25 heavy (non-hydrogen) atoms. The van der Waals surface area contributed by atoms with Crippen LogP contribution in [-0.4, -0.2) is 82.5 Å². The Kier molecular flexibility index (Phi) is 4.91. The Labute approximate surface area is 148 Å². The van der Waals surface area contributed by atoms with E-state index in [1.807, 2.05) is 7.05 Å². The molecule has 2 heterocycles. The molecule has 0 unspecified atom stereocenters. The van der Waals surface area contributed by atoms with Crippen LogP contribution in [0, 0.1) is 0 Å². The third kappa shape index (κ3) is 3.88. The third-order valence-electron chi connectivity index (χ3n) is 4.85. The van der Waals surface area contributed by atoms with E-state index in [2.05, 4.69) is 4.90 Å². The number of amides is 1. The van der Waals surface area contributed by atoms with Crippen molar-refractivity contribution in [1.82, 2.24) is 9.80 Å². The summed E-state index contributed by atoms with van der Waals surface area (Å²) in [5, 5.41) is -0.892. The zero-order valence-electron chi connectivity index (χ0n) is 14.1. The van der Waals surface area contributed by atoms with Crippen LogP contribution in [0.25, 0.3) is 0 Å². The Balaban J connectivity index is 1.75. The van der Waals surface area contributed by atoms with Gasteiger partial charge in [-0.2, -0.15) is 0 Å². The first-order chi connectivity index (χ1) is 11.7. The number of hydrogen-bond acceptors (Lipinski definition) is 6. The number of carbonyl (C=O) groups is 1. The maximum absolute atomic E-state index is 12.6. The van der Waals surface area contributed by atoms with Crippen molar-refractivity contribution >= 4 is 25.6 Å². The highest BCUT2D eigenvalue weighted by atomic mass is 32.2. The summed E-state index contributed by atoms with van der Waals surface area (Å²) in [5.41, 5.74) is 0.447. The Bertz CT molecular complexity index is 854. The highest BCUT2D eigenvalue weighted by Gasteiger charge is 2.38. The summed E-state index contributed by atoms with van der Waals surface area (Å²) in [6.45, 7) is 2.92. The molecule has 0 spiro atoms. The first-order valence-corrected chi connectivity index (χ1v) is 11.6. The normalized spacial score (nSPS) is 24.4. The van der Waals surface area contributed by atoms with Crippen LogP contribution in [0.5, 0.6) is 0 Å². The molecule has 1 amide bonds. The fourth-order valence-corrected chi connectivity index (χ4v) is 7.54. The number of nitrogens with zero attached hydrogens (tertiary/aromatic N) is 2. The lowest BCUT2D eigenvalue weighted by Gasteiger charge is -2.32. The summed E-state index contributed by atoms with van der Waals surface area (Å²) in [6, 6.07) is 5.83. The second-order valence-electron chi connectivity index (χ2n) is 6.69. The van der Waals surface area contributed by atoms with Gasteiger partial charge in [0.05, 0.1) is 21.7 Å². The van der Waals surface area contributed by atoms with Crippen LogP contribution < -0.4 is 0 Å². The lowest BCUT2D eigenvalue weighted by Crippen LogP contribution is -2.47. The average Bonchev–Trinajstić information content (AvgIpc) is 2.96. The highest BCUT2D eigenvalue weighted by Crippen LogP contribution is 2.25. The molecule has 0 bridgehead atoms. The predicted octanol–water partition coefficient (Wildman–Crippen LogP) is 0.0350. The van der Waals surface area contributed by atoms with E-state index >= 15 is 0 Å². The molecule has 1 aromatic rings. The monoisotopic (exact) mass is 386 g/mol. The molecule has 2 aliphatic rings. The van der Waals surface area contributed by atoms with Gasteiger partial charge in [0.15, 0.2) is 19.7 Å². The van der Waals surface area contributed by atoms with Crippen LogP contribution in [-0.2, 0) is 19.7 Å². The van der Waals surface area contributed by atoms with Crippen LogP contribution >= 0.6 is 0 Å². The summed E-state index contributed by atoms with van der Waals surface area (Å²) < 4.78 is 48.2. The number of hydrogen-bond donors (Lipinski definition) is 0. The van der Waals surface area contributed by atoms with Gasteiger partial charge in [0.1, 0.15) is 0 Å². The number of piperazine rings is 1. The van der Waals surface area contributed by atoms with Crippen molar-refractivity contribution in [2.24, 2.45) is 0 Å². The molecule has 0 aliphatic carbocycles. The van der Waals surface area contributed by atoms with Gasteiger partial charge < -0.3 is 9.80 Å². The fourth-order valence-electron chi connectivity index (χ4n) is 3.18. The van der Waals surface area contributed by atoms with Crippen molar-refractivity contribution < 1.29 is 21.6 Å². The van der Waals surface area contributed by atoms with Gasteiger partial charge >= 0.3 is 0 Å². The van der Waals surface area contributed by atoms with Crippen molar-refractivity contribution in [3.63, 3.8) is 0 Å². The van der Waals surface area contributed by atoms with Crippen molar-refractivity contribution in [3.8, 4) is 0 Å². The number of likely N-dealkylation sites (N-methyl/N-ethyl adjacent to an activating group) is 1. The first kappa shape index (κ1) is 18.3. The fraction of sp³-hybridized carbons (Fsp3) is 0.562. The molecule has 0 radical (unpaired) electrons. The summed E-state index contributed by atoms with van der Waals surface area (Å²) in [4.78, 5) is 16.5. The van der Waals surface area contributed by atoms with Crippen molar-refractivity contribution in [1.29, 1.82) is 0 Å². The molecule has 7 nitrogen and oxygen atoms in total. The van der Waals surface area contributed by atoms with E-state index in [1.54, 1.807) is 4.90 Å². The maximum atomic E-state index is 12.6. The molecule has 0 aromatic heterocycles. The number of sulfone groups is 2. The van der Waals surface area contributed by atoms with E-state index in [0.29, 0.717) is 18.7 Å². The smallest absolute Gasteiger partial charge is 0.253 e. The molecule has 0 N–H and O–H groups in total. The van der Waals surface area contributed by atoms with Crippen LogP contribution in [0.2, 0.25) is 0 Å². The molecule has 1 atom stereocenters. The number of benzene rings is 1. The van der Waals surface area contributed by atoms with Crippen LogP contribution in [0.4, 0.5) is 0 Å². The van der Waals surface area contributed by atoms with Crippen molar-refractivity contribution in [2.75, 3.05) is 44.7 Å². The van der Waals surface area contributed by atoms with Gasteiger partial charge in [-0.05, 0) is 37.7 Å². The topological polar surface area (TPSA) is 91.8 Å². The standard InChI is InChI=1S/C16H22N2O5S2/c1-17-7-9-18(10-8-17)16(19)13-2-4-14(5-3-13)25(22,23)15-6-11-24(20,21)12-15/h2-5,15H,6-12H2,1H3/t15-/m1/s1. The molecular formula is C16H22N2O5S2. The lowest BCUT2D eigenvalue weighted by molar-refractivity contribution is 0.0664. The molecule has 9 heteroatoms. The molecule has 2 saturated heterocycles. The van der Waals surface area contributed by atoms with Crippen LogP contribution in [0.3, 0.4) is 0 Å². The molecule has 0 saturated carbocycles. The minimum absolute atomic E-state index is 0.0736. The third-order valence-corrected chi connectivity index (χ3v) is 9.04. The van der Waals surface area contributed by atoms with Gasteiger partial charge in [0.2, 0.25) is 0 Å². The molecule has 2 aliphatic heterocycles. The maximum Gasteiger partial charge on any atom is 0.253 e. The first-order valence-electron chi connectivity index (χ1n) is 8.21. The lowest BCUT2D eigenvalue weighted by atomic mass is 10.2. The van der Waals surface area contributed by atoms with Gasteiger partial charge in [-0.25, -0.2) is 16.8 Å². The summed E-state index contributed by atoms with van der Waals surface area (Å²) >= 11 is 0. The van der Waals surface area contributed by atoms with Gasteiger partial charge in [-0.3, -0.25) is 4.79 Å². The second-order valence-corrected chi connectivity index (χ2v) is 11.1. The minimum atomic E-state index is -3.70. The predicted molar refractivity (Wildman–Crippen MR) is 94.1 cm³/mol. The SMILES string of the molecule is CN1CCN(C(=O)c2ccc(S(=O)(=O)[C@@H]3CCS(=O)(=O)C3)cc2)CC1. The molecule has 1 aromatic carbocycles. The van der Waals surface area contributed by atoms with Crippen LogP contribution in [0.15, 0.2) is 29.2 Å². The van der Waals surface area contributed by atoms with Crippen LogP contribution in [0.1, 0.15) is 16.8 Å². The van der Waals surface area contributed by atoms with Gasteiger partial charge in [-0.15, -0.1) is 0 Å². The minimum Gasteiger partial charge on any atom is -0.336 e. The van der Waals surface area contributed by atoms with Gasteiger partial charge in [0, 0.05) is 31.7 Å². The quantitative estimate of drug-likeness (QED) is 0.728. The molecular weight excluding hydrogens is 364 g/mol.